The van der Waals surface area contributed by atoms with Crippen LogP contribution in [0.3, 0.4) is 0 Å². The number of rotatable bonds is 3. The summed E-state index contributed by atoms with van der Waals surface area (Å²) < 4.78 is 4.51. The molecule has 0 heterocycles. The van der Waals surface area contributed by atoms with Gasteiger partial charge in [-0.3, -0.25) is 4.79 Å². The zero-order valence-electron chi connectivity index (χ0n) is 5.29. The molecule has 0 saturated heterocycles. The smallest absolute Gasteiger partial charge is 0.321 e. The Labute approximate surface area is 60.3 Å². The predicted octanol–water partition coefficient (Wildman–Crippen LogP) is 1.65. The Balaban J connectivity index is 3.26. The van der Waals surface area contributed by atoms with Crippen LogP contribution in [0, 0.1) is 0 Å². The zero-order chi connectivity index (χ0) is 7.11. The van der Waals surface area contributed by atoms with Crippen molar-refractivity contribution in [3.63, 3.8) is 0 Å². The monoisotopic (exact) mass is 145 g/mol. The minimum atomic E-state index is -0.366. The van der Waals surface area contributed by atoms with Crippen molar-refractivity contribution in [1.29, 1.82) is 0 Å². The highest BCUT2D eigenvalue weighted by Gasteiger charge is 1.92. The van der Waals surface area contributed by atoms with Crippen molar-refractivity contribution in [2.45, 2.75) is 13.3 Å². The van der Waals surface area contributed by atoms with Gasteiger partial charge in [0.05, 0.1) is 6.26 Å². The van der Waals surface area contributed by atoms with E-state index in [0.29, 0.717) is 0 Å². The number of esters is 1. The van der Waals surface area contributed by atoms with E-state index >= 15 is 0 Å². The lowest BCUT2D eigenvalue weighted by molar-refractivity contribution is -0.134. The molecule has 1 radical (unpaired) electrons. The first-order chi connectivity index (χ1) is 4.31. The van der Waals surface area contributed by atoms with E-state index in [1.807, 2.05) is 6.92 Å². The van der Waals surface area contributed by atoms with Crippen molar-refractivity contribution in [2.75, 3.05) is 5.75 Å². The van der Waals surface area contributed by atoms with Gasteiger partial charge in [-0.2, -0.15) is 0 Å². The van der Waals surface area contributed by atoms with Gasteiger partial charge in [0.25, 0.3) is 0 Å². The van der Waals surface area contributed by atoms with Crippen LogP contribution in [0.5, 0.6) is 0 Å². The molecule has 0 aromatic heterocycles. The van der Waals surface area contributed by atoms with Gasteiger partial charge in [-0.25, -0.2) is 0 Å². The Morgan fingerprint density at radius 3 is 2.89 bits per heavy atom. The second kappa shape index (κ2) is 5.69. The Hall–Kier alpha value is -0.440. The van der Waals surface area contributed by atoms with Crippen LogP contribution in [0.15, 0.2) is 12.3 Å². The van der Waals surface area contributed by atoms with E-state index in [9.17, 15) is 4.79 Å². The maximum atomic E-state index is 10.3. The summed E-state index contributed by atoms with van der Waals surface area (Å²) in [5, 5.41) is 0. The predicted molar refractivity (Wildman–Crippen MR) is 38.0 cm³/mol. The fraction of sp³-hybridized carbons (Fsp3) is 0.500. The molecule has 2 nitrogen and oxygen atoms in total. The number of carbonyl (C=O) groups is 1. The Bertz CT molecular complexity index is 110. The molecule has 0 atom stereocenters. The summed E-state index contributed by atoms with van der Waals surface area (Å²) in [6, 6.07) is 0. The summed E-state index contributed by atoms with van der Waals surface area (Å²) in [7, 11) is 0. The van der Waals surface area contributed by atoms with Crippen molar-refractivity contribution in [1.82, 2.24) is 0 Å². The van der Waals surface area contributed by atoms with E-state index < -0.39 is 0 Å². The highest BCUT2D eigenvalue weighted by molar-refractivity contribution is 7.81. The van der Waals surface area contributed by atoms with Gasteiger partial charge in [-0.05, 0) is 12.5 Å². The molecule has 0 saturated carbocycles. The van der Waals surface area contributed by atoms with Crippen molar-refractivity contribution in [3.8, 4) is 0 Å². The molecule has 9 heavy (non-hydrogen) atoms. The van der Waals surface area contributed by atoms with Crippen LogP contribution in [0.2, 0.25) is 0 Å². The molecule has 0 fully saturated rings. The first-order valence-corrected chi connectivity index (χ1v) is 3.31. The lowest BCUT2D eigenvalue weighted by Crippen LogP contribution is -1.99. The summed E-state index contributed by atoms with van der Waals surface area (Å²) in [6.07, 6.45) is 3.99. The normalized spacial score (nSPS) is 10.0. The molecule has 0 aromatic rings. The number of hydrogen-bond donors (Lipinski definition) is 0. The molecular weight excluding hydrogens is 136 g/mol. The van der Waals surface area contributed by atoms with E-state index in [2.05, 4.69) is 17.4 Å². The van der Waals surface area contributed by atoms with Crippen molar-refractivity contribution >= 4 is 18.6 Å². The van der Waals surface area contributed by atoms with E-state index in [4.69, 9.17) is 0 Å². The van der Waals surface area contributed by atoms with Gasteiger partial charge in [0.15, 0.2) is 0 Å². The molecule has 0 N–H and O–H groups in total. The highest BCUT2D eigenvalue weighted by Crippen LogP contribution is 1.85. The summed E-state index contributed by atoms with van der Waals surface area (Å²) in [4.78, 5) is 10.3. The topological polar surface area (TPSA) is 26.3 Å². The van der Waals surface area contributed by atoms with Crippen LogP contribution in [0.25, 0.3) is 0 Å². The summed E-state index contributed by atoms with van der Waals surface area (Å²) in [5.41, 5.74) is 0. The van der Waals surface area contributed by atoms with E-state index in [-0.39, 0.29) is 11.7 Å². The minimum absolute atomic E-state index is 0.0219. The Morgan fingerprint density at radius 1 is 1.78 bits per heavy atom. The van der Waals surface area contributed by atoms with Crippen molar-refractivity contribution in [3.05, 3.63) is 12.3 Å². The largest absolute Gasteiger partial charge is 0.434 e. The van der Waals surface area contributed by atoms with Crippen LogP contribution in [-0.4, -0.2) is 11.7 Å². The van der Waals surface area contributed by atoms with Crippen LogP contribution in [-0.2, 0) is 9.53 Å². The quantitative estimate of drug-likeness (QED) is 0.446. The van der Waals surface area contributed by atoms with E-state index in [1.54, 1.807) is 6.08 Å². The molecule has 0 aromatic carbocycles. The number of allylic oxidation sites excluding steroid dienone is 1. The van der Waals surface area contributed by atoms with Crippen molar-refractivity contribution in [2.24, 2.45) is 0 Å². The second-order valence-corrected chi connectivity index (χ2v) is 1.70. The SMILES string of the molecule is CCC=COC(=O)C[S]. The fourth-order valence-corrected chi connectivity index (χ4v) is 0.322. The molecule has 0 rings (SSSR count). The lowest BCUT2D eigenvalue weighted by Gasteiger charge is -1.90. The van der Waals surface area contributed by atoms with E-state index in [1.165, 1.54) is 6.26 Å². The molecular formula is C6H9O2S. The maximum absolute atomic E-state index is 10.3. The Kier molecular flexibility index (Phi) is 5.41. The van der Waals surface area contributed by atoms with Crippen LogP contribution in [0.1, 0.15) is 13.3 Å². The fourth-order valence-electron chi connectivity index (χ4n) is 0.254. The van der Waals surface area contributed by atoms with Gasteiger partial charge < -0.3 is 4.74 Å². The van der Waals surface area contributed by atoms with Gasteiger partial charge in [-0.15, -0.1) is 0 Å². The molecule has 0 aliphatic heterocycles. The molecule has 0 bridgehead atoms. The molecule has 0 spiro atoms. The molecule has 0 amide bonds. The third-order valence-electron chi connectivity index (χ3n) is 0.649. The maximum Gasteiger partial charge on any atom is 0.321 e. The lowest BCUT2D eigenvalue weighted by atomic mass is 10.5. The second-order valence-electron chi connectivity index (χ2n) is 1.41. The number of hydrogen-bond acceptors (Lipinski definition) is 2. The first-order valence-electron chi connectivity index (χ1n) is 2.73. The molecule has 0 aliphatic rings. The zero-order valence-corrected chi connectivity index (χ0v) is 6.11. The summed E-state index contributed by atoms with van der Waals surface area (Å²) in [5.74, 6) is -0.344. The van der Waals surface area contributed by atoms with E-state index in [0.717, 1.165) is 6.42 Å². The highest BCUT2D eigenvalue weighted by atomic mass is 32.1. The van der Waals surface area contributed by atoms with Gasteiger partial charge in [0.1, 0.15) is 5.75 Å². The van der Waals surface area contributed by atoms with Crippen LogP contribution in [0.4, 0.5) is 0 Å². The first kappa shape index (κ1) is 8.56. The standard InChI is InChI=1S/C6H9O2S/c1-2-3-4-8-6(7)5-9/h3-4H,2,5H2,1H3. The molecule has 0 aliphatic carbocycles. The number of carbonyl (C=O) groups excluding carboxylic acids is 1. The minimum Gasteiger partial charge on any atom is -0.434 e. The average molecular weight is 145 g/mol. The molecule has 3 heteroatoms. The van der Waals surface area contributed by atoms with Gasteiger partial charge in [-0.1, -0.05) is 19.6 Å². The molecule has 51 valence electrons. The summed E-state index contributed by atoms with van der Waals surface area (Å²) >= 11 is 4.42. The van der Waals surface area contributed by atoms with Gasteiger partial charge >= 0.3 is 5.97 Å². The average Bonchev–Trinajstić information content (AvgIpc) is 1.89. The van der Waals surface area contributed by atoms with Crippen LogP contribution < -0.4 is 0 Å². The third kappa shape index (κ3) is 5.43. The number of ether oxygens (including phenoxy) is 1. The van der Waals surface area contributed by atoms with Crippen LogP contribution >= 0.6 is 12.6 Å². The van der Waals surface area contributed by atoms with Gasteiger partial charge in [0, 0.05) is 0 Å². The van der Waals surface area contributed by atoms with Gasteiger partial charge in [0.2, 0.25) is 0 Å². The summed E-state index contributed by atoms with van der Waals surface area (Å²) in [6.45, 7) is 1.96. The van der Waals surface area contributed by atoms with Crippen molar-refractivity contribution < 1.29 is 9.53 Å². The third-order valence-corrected chi connectivity index (χ3v) is 0.885. The molecule has 0 unspecified atom stereocenters. The Morgan fingerprint density at radius 2 is 2.44 bits per heavy atom.